The smallest absolute Gasteiger partial charge is 0.243 e. The molecule has 8 nitrogen and oxygen atoms in total. The maximum atomic E-state index is 13.5. The summed E-state index contributed by atoms with van der Waals surface area (Å²) in [4.78, 5) is 14.5. The quantitative estimate of drug-likeness (QED) is 0.630. The monoisotopic (exact) mass is 497 g/mol. The topological polar surface area (TPSA) is 104 Å². The molecule has 1 saturated heterocycles. The van der Waals surface area contributed by atoms with Crippen LogP contribution in [0.15, 0.2) is 58.3 Å². The summed E-state index contributed by atoms with van der Waals surface area (Å²) in [6.45, 7) is 5.58. The van der Waals surface area contributed by atoms with Gasteiger partial charge in [-0.1, -0.05) is 37.6 Å². The zero-order chi connectivity index (χ0) is 24.4. The highest BCUT2D eigenvalue weighted by atomic mass is 32.2. The molecule has 1 aliphatic rings. The SMILES string of the molecule is Cc1ccc(S(=O)(=O)N[C@H](C(=O)N2CCN(S(=O)(=O)c3cccc(F)c3)CC2)C(C)C)cc1. The molecule has 33 heavy (non-hydrogen) atoms. The summed E-state index contributed by atoms with van der Waals surface area (Å²) in [5.74, 6) is -1.39. The second-order valence-corrected chi connectivity index (χ2v) is 12.0. The number of rotatable bonds is 7. The van der Waals surface area contributed by atoms with Gasteiger partial charge in [-0.3, -0.25) is 4.79 Å². The number of piperazine rings is 1. The summed E-state index contributed by atoms with van der Waals surface area (Å²) in [5, 5.41) is 0. The molecule has 11 heteroatoms. The zero-order valence-electron chi connectivity index (χ0n) is 18.7. The Morgan fingerprint density at radius 3 is 2.09 bits per heavy atom. The maximum Gasteiger partial charge on any atom is 0.243 e. The van der Waals surface area contributed by atoms with E-state index in [2.05, 4.69) is 4.72 Å². The van der Waals surface area contributed by atoms with Gasteiger partial charge in [-0.25, -0.2) is 21.2 Å². The Morgan fingerprint density at radius 2 is 1.55 bits per heavy atom. The first-order valence-electron chi connectivity index (χ1n) is 10.6. The number of sulfonamides is 2. The van der Waals surface area contributed by atoms with Crippen molar-refractivity contribution < 1.29 is 26.0 Å². The molecule has 0 unspecified atom stereocenters. The summed E-state index contributed by atoms with van der Waals surface area (Å²) >= 11 is 0. The molecule has 1 amide bonds. The minimum Gasteiger partial charge on any atom is -0.339 e. The van der Waals surface area contributed by atoms with E-state index in [1.807, 2.05) is 6.92 Å². The van der Waals surface area contributed by atoms with Crippen LogP contribution in [0.2, 0.25) is 0 Å². The molecule has 1 N–H and O–H groups in total. The fourth-order valence-electron chi connectivity index (χ4n) is 3.55. The molecule has 0 aromatic heterocycles. The number of nitrogens with zero attached hydrogens (tertiary/aromatic N) is 2. The molecule has 3 rings (SSSR count). The van der Waals surface area contributed by atoms with Crippen molar-refractivity contribution in [1.82, 2.24) is 13.9 Å². The number of carbonyl (C=O) groups excluding carboxylic acids is 1. The van der Waals surface area contributed by atoms with E-state index in [1.54, 1.807) is 26.0 Å². The van der Waals surface area contributed by atoms with E-state index in [1.165, 1.54) is 39.5 Å². The van der Waals surface area contributed by atoms with Crippen molar-refractivity contribution in [2.45, 2.75) is 36.6 Å². The molecule has 0 bridgehead atoms. The van der Waals surface area contributed by atoms with E-state index in [0.29, 0.717) is 0 Å². The van der Waals surface area contributed by atoms with Crippen LogP contribution in [-0.2, 0) is 24.8 Å². The standard InChI is InChI=1S/C22H28FN3O5S2/c1-16(2)21(24-32(28,29)19-9-7-17(3)8-10-19)22(27)25-11-13-26(14-12-25)33(30,31)20-6-4-5-18(23)15-20/h4-10,15-16,21,24H,11-14H2,1-3H3/t21-/m0/s1. The fourth-order valence-corrected chi connectivity index (χ4v) is 6.34. The number of halogens is 1. The van der Waals surface area contributed by atoms with Crippen molar-refractivity contribution in [2.24, 2.45) is 5.92 Å². The lowest BCUT2D eigenvalue weighted by Gasteiger charge is -2.36. The van der Waals surface area contributed by atoms with Gasteiger partial charge in [0.25, 0.3) is 0 Å². The Kier molecular flexibility index (Phi) is 7.57. The summed E-state index contributed by atoms with van der Waals surface area (Å²) < 4.78 is 68.4. The van der Waals surface area contributed by atoms with Crippen LogP contribution in [-0.4, -0.2) is 64.2 Å². The molecular formula is C22H28FN3O5S2. The highest BCUT2D eigenvalue weighted by Gasteiger charge is 2.35. The molecule has 180 valence electrons. The van der Waals surface area contributed by atoms with E-state index >= 15 is 0 Å². The largest absolute Gasteiger partial charge is 0.339 e. The Morgan fingerprint density at radius 1 is 0.939 bits per heavy atom. The van der Waals surface area contributed by atoms with Gasteiger partial charge in [0, 0.05) is 26.2 Å². The van der Waals surface area contributed by atoms with Crippen LogP contribution in [0.3, 0.4) is 0 Å². The van der Waals surface area contributed by atoms with Crippen molar-refractivity contribution in [1.29, 1.82) is 0 Å². The van der Waals surface area contributed by atoms with Gasteiger partial charge < -0.3 is 4.90 Å². The number of amides is 1. The van der Waals surface area contributed by atoms with Gasteiger partial charge in [0.1, 0.15) is 11.9 Å². The normalized spacial score (nSPS) is 16.7. The average Bonchev–Trinajstić information content (AvgIpc) is 2.77. The molecule has 0 spiro atoms. The predicted octanol–water partition coefficient (Wildman–Crippen LogP) is 1.97. The summed E-state index contributed by atoms with van der Waals surface area (Å²) in [5.41, 5.74) is 0.913. The van der Waals surface area contributed by atoms with Crippen molar-refractivity contribution in [3.8, 4) is 0 Å². The number of benzene rings is 2. The summed E-state index contributed by atoms with van der Waals surface area (Å²) in [6.07, 6.45) is 0. The van der Waals surface area contributed by atoms with Gasteiger partial charge in [0.05, 0.1) is 9.79 Å². The van der Waals surface area contributed by atoms with Gasteiger partial charge in [-0.05, 0) is 43.2 Å². The molecule has 2 aromatic rings. The highest BCUT2D eigenvalue weighted by Crippen LogP contribution is 2.20. The van der Waals surface area contributed by atoms with E-state index in [0.717, 1.165) is 11.6 Å². The molecule has 0 radical (unpaired) electrons. The Labute approximate surface area is 194 Å². The lowest BCUT2D eigenvalue weighted by atomic mass is 10.0. The third kappa shape index (κ3) is 5.78. The minimum absolute atomic E-state index is 0.0279. The van der Waals surface area contributed by atoms with Gasteiger partial charge in [0.2, 0.25) is 26.0 Å². The van der Waals surface area contributed by atoms with Crippen LogP contribution < -0.4 is 4.72 Å². The molecule has 0 aliphatic carbocycles. The number of hydrogen-bond donors (Lipinski definition) is 1. The summed E-state index contributed by atoms with van der Waals surface area (Å²) in [7, 11) is -7.81. The van der Waals surface area contributed by atoms with Crippen molar-refractivity contribution in [3.05, 3.63) is 59.9 Å². The zero-order valence-corrected chi connectivity index (χ0v) is 20.4. The van der Waals surface area contributed by atoms with Crippen LogP contribution in [0.4, 0.5) is 4.39 Å². The van der Waals surface area contributed by atoms with Gasteiger partial charge in [-0.15, -0.1) is 0 Å². The van der Waals surface area contributed by atoms with E-state index in [9.17, 15) is 26.0 Å². The summed E-state index contributed by atoms with van der Waals surface area (Å²) in [6, 6.07) is 10.1. The molecule has 0 saturated carbocycles. The predicted molar refractivity (Wildman–Crippen MR) is 122 cm³/mol. The second-order valence-electron chi connectivity index (χ2n) is 8.34. The Balaban J connectivity index is 1.70. The molecule has 2 aromatic carbocycles. The molecule has 1 aliphatic heterocycles. The Bertz CT molecular complexity index is 1210. The van der Waals surface area contributed by atoms with Crippen LogP contribution >= 0.6 is 0 Å². The van der Waals surface area contributed by atoms with Gasteiger partial charge in [-0.2, -0.15) is 9.03 Å². The minimum atomic E-state index is -3.92. The highest BCUT2D eigenvalue weighted by molar-refractivity contribution is 7.89. The molecular weight excluding hydrogens is 469 g/mol. The van der Waals surface area contributed by atoms with Crippen LogP contribution in [0.1, 0.15) is 19.4 Å². The lowest BCUT2D eigenvalue weighted by Crippen LogP contribution is -2.57. The van der Waals surface area contributed by atoms with Crippen LogP contribution in [0, 0.1) is 18.7 Å². The van der Waals surface area contributed by atoms with Crippen LogP contribution in [0.5, 0.6) is 0 Å². The maximum absolute atomic E-state index is 13.5. The number of nitrogens with one attached hydrogen (secondary N) is 1. The van der Waals surface area contributed by atoms with E-state index in [-0.39, 0.29) is 41.9 Å². The van der Waals surface area contributed by atoms with Crippen molar-refractivity contribution in [3.63, 3.8) is 0 Å². The first-order chi connectivity index (χ1) is 15.4. The third-order valence-electron chi connectivity index (χ3n) is 5.53. The van der Waals surface area contributed by atoms with Gasteiger partial charge >= 0.3 is 0 Å². The first kappa shape index (κ1) is 25.3. The van der Waals surface area contributed by atoms with Crippen LogP contribution in [0.25, 0.3) is 0 Å². The van der Waals surface area contributed by atoms with E-state index in [4.69, 9.17) is 0 Å². The van der Waals surface area contributed by atoms with Crippen molar-refractivity contribution in [2.75, 3.05) is 26.2 Å². The third-order valence-corrected chi connectivity index (χ3v) is 8.88. The Hall–Kier alpha value is -2.34. The second kappa shape index (κ2) is 9.88. The molecule has 1 fully saturated rings. The molecule has 1 atom stereocenters. The van der Waals surface area contributed by atoms with Gasteiger partial charge in [0.15, 0.2) is 0 Å². The number of hydrogen-bond acceptors (Lipinski definition) is 5. The molecule has 1 heterocycles. The number of aryl methyl sites for hydroxylation is 1. The average molecular weight is 498 g/mol. The fraction of sp³-hybridized carbons (Fsp3) is 0.409. The lowest BCUT2D eigenvalue weighted by molar-refractivity contribution is -0.135. The first-order valence-corrected chi connectivity index (χ1v) is 13.5. The van der Waals surface area contributed by atoms with E-state index < -0.39 is 37.8 Å². The van der Waals surface area contributed by atoms with Crippen molar-refractivity contribution >= 4 is 26.0 Å². The number of carbonyl (C=O) groups is 1.